The van der Waals surface area contributed by atoms with Crippen molar-refractivity contribution in [2.75, 3.05) is 0 Å². The molecule has 5 fully saturated rings. The number of allylic oxidation sites excluding steroid dienone is 2. The van der Waals surface area contributed by atoms with Gasteiger partial charge >= 0.3 is 0 Å². The number of carbonyl (C=O) groups is 1. The molecule has 1 N–H and O–H groups in total. The highest BCUT2D eigenvalue weighted by Crippen LogP contribution is 2.62. The number of carbonyl (C=O) groups excluding carboxylic acids is 1. The summed E-state index contributed by atoms with van der Waals surface area (Å²) in [5, 5.41) is 10.8. The standard InChI is InChI=1S/C19H28O2/c20-17(16-4-2-1-3-5-16)9-18(21)19-10-13-6-14(11-19)8-15(7-13)12-19/h9,13-16,21H,1-8,10-12H2/b18-9-. The molecule has 0 aliphatic heterocycles. The van der Waals surface area contributed by atoms with Crippen molar-refractivity contribution in [1.29, 1.82) is 0 Å². The quantitative estimate of drug-likeness (QED) is 0.598. The van der Waals surface area contributed by atoms with Crippen LogP contribution in [0, 0.1) is 29.1 Å². The van der Waals surface area contributed by atoms with Crippen molar-refractivity contribution in [2.24, 2.45) is 29.1 Å². The summed E-state index contributed by atoms with van der Waals surface area (Å²) < 4.78 is 0. The molecule has 0 aromatic rings. The Balaban J connectivity index is 1.52. The lowest BCUT2D eigenvalue weighted by atomic mass is 9.49. The Hall–Kier alpha value is -0.790. The Morgan fingerprint density at radius 1 is 0.905 bits per heavy atom. The average molecular weight is 288 g/mol. The van der Waals surface area contributed by atoms with Crippen molar-refractivity contribution in [1.82, 2.24) is 0 Å². The highest BCUT2D eigenvalue weighted by atomic mass is 16.3. The summed E-state index contributed by atoms with van der Waals surface area (Å²) >= 11 is 0. The van der Waals surface area contributed by atoms with E-state index in [-0.39, 0.29) is 17.1 Å². The molecule has 4 bridgehead atoms. The van der Waals surface area contributed by atoms with Gasteiger partial charge < -0.3 is 5.11 Å². The minimum atomic E-state index is -0.0148. The van der Waals surface area contributed by atoms with E-state index in [9.17, 15) is 9.90 Å². The van der Waals surface area contributed by atoms with Crippen LogP contribution in [0.5, 0.6) is 0 Å². The molecule has 0 radical (unpaired) electrons. The Bertz CT molecular complexity index is 421. The van der Waals surface area contributed by atoms with Crippen LogP contribution in [0.25, 0.3) is 0 Å². The van der Waals surface area contributed by atoms with E-state index in [2.05, 4.69) is 0 Å². The molecule has 0 heterocycles. The van der Waals surface area contributed by atoms with Crippen LogP contribution < -0.4 is 0 Å². The summed E-state index contributed by atoms with van der Waals surface area (Å²) in [6.07, 6.45) is 14.9. The zero-order valence-corrected chi connectivity index (χ0v) is 13.0. The normalized spacial score (nSPS) is 43.2. The van der Waals surface area contributed by atoms with E-state index in [1.807, 2.05) is 0 Å². The third-order valence-corrected chi connectivity index (χ3v) is 6.87. The molecule has 5 aliphatic rings. The summed E-state index contributed by atoms with van der Waals surface area (Å²) in [4.78, 5) is 12.5. The van der Waals surface area contributed by atoms with Crippen LogP contribution in [0.4, 0.5) is 0 Å². The van der Waals surface area contributed by atoms with Gasteiger partial charge in [-0.3, -0.25) is 4.79 Å². The monoisotopic (exact) mass is 288 g/mol. The first-order chi connectivity index (χ1) is 10.1. The predicted molar refractivity (Wildman–Crippen MR) is 82.9 cm³/mol. The van der Waals surface area contributed by atoms with E-state index in [0.29, 0.717) is 5.76 Å². The van der Waals surface area contributed by atoms with E-state index >= 15 is 0 Å². The number of rotatable bonds is 3. The van der Waals surface area contributed by atoms with Crippen molar-refractivity contribution in [3.8, 4) is 0 Å². The molecule has 5 aliphatic carbocycles. The zero-order chi connectivity index (χ0) is 14.4. The molecule has 0 aromatic heterocycles. The summed E-state index contributed by atoms with van der Waals surface area (Å²) in [6.45, 7) is 0. The minimum absolute atomic E-state index is 0.0148. The van der Waals surface area contributed by atoms with Crippen molar-refractivity contribution in [3.63, 3.8) is 0 Å². The Morgan fingerprint density at radius 3 is 1.95 bits per heavy atom. The maximum atomic E-state index is 12.5. The number of hydrogen-bond acceptors (Lipinski definition) is 2. The summed E-state index contributed by atoms with van der Waals surface area (Å²) in [5.41, 5.74) is -0.0148. The first-order valence-electron chi connectivity index (χ1n) is 9.10. The lowest BCUT2D eigenvalue weighted by Crippen LogP contribution is -2.47. The fourth-order valence-corrected chi connectivity index (χ4v) is 6.22. The van der Waals surface area contributed by atoms with Crippen LogP contribution in [-0.4, -0.2) is 10.9 Å². The van der Waals surface area contributed by atoms with Gasteiger partial charge in [0.2, 0.25) is 0 Å². The average Bonchev–Trinajstić information content (AvgIpc) is 2.46. The Kier molecular flexibility index (Phi) is 3.39. The van der Waals surface area contributed by atoms with Gasteiger partial charge in [0.15, 0.2) is 5.78 Å². The second-order valence-corrected chi connectivity index (χ2v) is 8.46. The fraction of sp³-hybridized carbons (Fsp3) is 0.842. The van der Waals surface area contributed by atoms with Crippen LogP contribution in [0.2, 0.25) is 0 Å². The molecule has 0 spiro atoms. The molecular weight excluding hydrogens is 260 g/mol. The predicted octanol–water partition coefficient (Wildman–Crippen LogP) is 4.79. The number of ketones is 1. The van der Waals surface area contributed by atoms with Gasteiger partial charge in [0.05, 0.1) is 0 Å². The SMILES string of the molecule is O=C(/C=C(\O)C12CC3CC(CC(C3)C1)C2)C1CCCCC1. The van der Waals surface area contributed by atoms with Crippen LogP contribution >= 0.6 is 0 Å². The van der Waals surface area contributed by atoms with Crippen molar-refractivity contribution in [3.05, 3.63) is 11.8 Å². The largest absolute Gasteiger partial charge is 0.512 e. The molecule has 5 saturated carbocycles. The molecule has 0 atom stereocenters. The van der Waals surface area contributed by atoms with Gasteiger partial charge in [-0.1, -0.05) is 19.3 Å². The molecule has 2 heteroatoms. The summed E-state index contributed by atoms with van der Waals surface area (Å²) in [5.74, 6) is 3.31. The summed E-state index contributed by atoms with van der Waals surface area (Å²) in [6, 6.07) is 0. The van der Waals surface area contributed by atoms with Crippen LogP contribution in [0.1, 0.15) is 70.6 Å². The van der Waals surface area contributed by atoms with Crippen LogP contribution in [-0.2, 0) is 4.79 Å². The highest BCUT2D eigenvalue weighted by molar-refractivity contribution is 5.92. The van der Waals surface area contributed by atoms with Crippen LogP contribution in [0.3, 0.4) is 0 Å². The first-order valence-corrected chi connectivity index (χ1v) is 9.10. The van der Waals surface area contributed by atoms with Crippen LogP contribution in [0.15, 0.2) is 11.8 Å². The van der Waals surface area contributed by atoms with E-state index in [0.717, 1.165) is 49.9 Å². The van der Waals surface area contributed by atoms with Crippen molar-refractivity contribution in [2.45, 2.75) is 70.6 Å². The topological polar surface area (TPSA) is 37.3 Å². The van der Waals surface area contributed by atoms with Gasteiger partial charge in [-0.25, -0.2) is 0 Å². The molecular formula is C19H28O2. The lowest BCUT2D eigenvalue weighted by molar-refractivity contribution is -0.119. The third kappa shape index (κ3) is 2.45. The number of hydrogen-bond donors (Lipinski definition) is 1. The zero-order valence-electron chi connectivity index (χ0n) is 13.0. The third-order valence-electron chi connectivity index (χ3n) is 6.87. The molecule has 5 rings (SSSR count). The molecule has 0 amide bonds. The molecule has 0 aromatic carbocycles. The molecule has 2 nitrogen and oxygen atoms in total. The van der Waals surface area contributed by atoms with E-state index < -0.39 is 0 Å². The van der Waals surface area contributed by atoms with E-state index in [1.165, 1.54) is 38.5 Å². The second-order valence-electron chi connectivity index (χ2n) is 8.46. The maximum Gasteiger partial charge on any atom is 0.162 e. The van der Waals surface area contributed by atoms with Crippen molar-refractivity contribution < 1.29 is 9.90 Å². The highest BCUT2D eigenvalue weighted by Gasteiger charge is 2.53. The molecule has 116 valence electrons. The fourth-order valence-electron chi connectivity index (χ4n) is 6.22. The Labute approximate surface area is 128 Å². The van der Waals surface area contributed by atoms with Gasteiger partial charge in [0, 0.05) is 17.4 Å². The maximum absolute atomic E-state index is 12.5. The smallest absolute Gasteiger partial charge is 0.162 e. The molecule has 21 heavy (non-hydrogen) atoms. The second kappa shape index (κ2) is 5.14. The Morgan fingerprint density at radius 2 is 1.43 bits per heavy atom. The van der Waals surface area contributed by atoms with Gasteiger partial charge in [-0.2, -0.15) is 0 Å². The van der Waals surface area contributed by atoms with Gasteiger partial charge in [0.25, 0.3) is 0 Å². The van der Waals surface area contributed by atoms with E-state index in [4.69, 9.17) is 0 Å². The van der Waals surface area contributed by atoms with Gasteiger partial charge in [-0.15, -0.1) is 0 Å². The number of aliphatic hydroxyl groups is 1. The molecule has 0 saturated heterocycles. The van der Waals surface area contributed by atoms with Gasteiger partial charge in [-0.05, 0) is 69.1 Å². The first kappa shape index (κ1) is 13.8. The summed E-state index contributed by atoms with van der Waals surface area (Å²) in [7, 11) is 0. The minimum Gasteiger partial charge on any atom is -0.512 e. The van der Waals surface area contributed by atoms with Crippen molar-refractivity contribution >= 4 is 5.78 Å². The van der Waals surface area contributed by atoms with Gasteiger partial charge in [0.1, 0.15) is 5.76 Å². The molecule has 0 unspecified atom stereocenters. The number of aliphatic hydroxyl groups excluding tert-OH is 1. The lowest BCUT2D eigenvalue weighted by Gasteiger charge is -2.56. The van der Waals surface area contributed by atoms with E-state index in [1.54, 1.807) is 6.08 Å².